The molecule has 0 unspecified atom stereocenters. The Morgan fingerprint density at radius 1 is 0.692 bits per heavy atom. The molecular formula is C46H54N2O3S. The molecule has 0 aliphatic heterocycles. The van der Waals surface area contributed by atoms with Gasteiger partial charge in [-0.2, -0.15) is 0 Å². The second-order valence-electron chi connectivity index (χ2n) is 15.3. The van der Waals surface area contributed by atoms with Crippen LogP contribution in [0.4, 0.5) is 17.1 Å². The molecule has 1 aliphatic carbocycles. The van der Waals surface area contributed by atoms with E-state index in [4.69, 9.17) is 0 Å². The monoisotopic (exact) mass is 714 g/mol. The lowest BCUT2D eigenvalue weighted by Crippen LogP contribution is -2.67. The molecule has 5 rings (SSSR count). The summed E-state index contributed by atoms with van der Waals surface area (Å²) in [6, 6.07) is 15.9. The maximum atomic E-state index is 12.9. The second-order valence-corrected chi connectivity index (χ2v) is 16.6. The molecule has 0 saturated heterocycles. The molecule has 272 valence electrons. The van der Waals surface area contributed by atoms with Crippen LogP contribution in [0.25, 0.3) is 5.57 Å². The van der Waals surface area contributed by atoms with Gasteiger partial charge in [-0.25, -0.2) is 13.4 Å². The van der Waals surface area contributed by atoms with Crippen LogP contribution in [0.15, 0.2) is 82.8 Å². The van der Waals surface area contributed by atoms with Gasteiger partial charge in [0.05, 0.1) is 4.90 Å². The molecule has 2 N–H and O–H groups in total. The van der Waals surface area contributed by atoms with Gasteiger partial charge in [-0.15, -0.1) is 0 Å². The maximum Gasteiger partial charge on any atom is 0.210 e. The summed E-state index contributed by atoms with van der Waals surface area (Å²) in [5.74, 6) is 0.303. The highest BCUT2D eigenvalue weighted by Gasteiger charge is 2.25. The molecule has 0 atom stereocenters. The highest BCUT2D eigenvalue weighted by atomic mass is 32.2. The van der Waals surface area contributed by atoms with Crippen molar-refractivity contribution in [3.63, 3.8) is 0 Å². The Kier molecular flexibility index (Phi) is 11.0. The van der Waals surface area contributed by atoms with Crippen LogP contribution in [0, 0.1) is 68.2 Å². The minimum absolute atomic E-state index is 0.152. The van der Waals surface area contributed by atoms with E-state index in [1.54, 1.807) is 13.0 Å². The largest absolute Gasteiger partial charge is 0.744 e. The Bertz CT molecular complexity index is 2330. The van der Waals surface area contributed by atoms with E-state index in [1.807, 2.05) is 18.2 Å². The fourth-order valence-corrected chi connectivity index (χ4v) is 8.13. The zero-order valence-corrected chi connectivity index (χ0v) is 34.0. The SMILES string of the molecule is Cc1ccc(C(=C2C=CC(=[NH+]c3c(C)cc(C)c(C)c3C)C(C(C)C)=C2)c2ccc(Nc3c(C)cc(C)c(C)c3C)c(C(C)C)c2)c(S(=O)(=O)[O-])c1. The summed E-state index contributed by atoms with van der Waals surface area (Å²) in [7, 11) is -4.80. The molecule has 6 heteroatoms. The van der Waals surface area contributed by atoms with Crippen molar-refractivity contribution in [3.05, 3.63) is 145 Å². The Balaban J connectivity index is 1.79. The van der Waals surface area contributed by atoms with Crippen LogP contribution >= 0.6 is 0 Å². The van der Waals surface area contributed by atoms with Gasteiger partial charge >= 0.3 is 0 Å². The molecule has 0 fully saturated rings. The van der Waals surface area contributed by atoms with Gasteiger partial charge in [0.2, 0.25) is 11.4 Å². The molecular weight excluding hydrogens is 661 g/mol. The summed E-state index contributed by atoms with van der Waals surface area (Å²) in [6.45, 7) is 27.6. The highest BCUT2D eigenvalue weighted by Crippen LogP contribution is 2.39. The van der Waals surface area contributed by atoms with E-state index in [0.717, 1.165) is 45.0 Å². The minimum atomic E-state index is -4.80. The maximum absolute atomic E-state index is 12.9. The van der Waals surface area contributed by atoms with Gasteiger partial charge in [0.1, 0.15) is 10.1 Å². The van der Waals surface area contributed by atoms with E-state index < -0.39 is 10.1 Å². The van der Waals surface area contributed by atoms with Crippen molar-refractivity contribution < 1.29 is 18.0 Å². The third-order valence-corrected chi connectivity index (χ3v) is 11.7. The molecule has 5 nitrogen and oxygen atoms in total. The zero-order valence-electron chi connectivity index (χ0n) is 33.1. The summed E-state index contributed by atoms with van der Waals surface area (Å²) in [5.41, 5.74) is 19.7. The Morgan fingerprint density at radius 2 is 1.33 bits per heavy atom. The molecule has 1 aliphatic rings. The first-order chi connectivity index (χ1) is 24.3. The molecule has 0 saturated carbocycles. The van der Waals surface area contributed by atoms with E-state index in [1.165, 1.54) is 50.6 Å². The molecule has 52 heavy (non-hydrogen) atoms. The number of rotatable bonds is 8. The highest BCUT2D eigenvalue weighted by molar-refractivity contribution is 7.85. The smallest absolute Gasteiger partial charge is 0.210 e. The standard InChI is InChI=1S/C46H54N2O3S/c1-25(2)39-23-36(15-18-41(39)47-45-30(8)21-28(6)32(10)34(45)12)44(38-17-14-27(5)20-43(38)52(49,50)51)37-16-19-42(40(24-37)26(3)4)48-46-31(9)22-29(7)33(11)35(46)13/h14-26,47H,1-13H3,(H,49,50,51). The molecule has 4 aromatic carbocycles. The molecule has 0 radical (unpaired) electrons. The first kappa shape index (κ1) is 38.7. The first-order valence-corrected chi connectivity index (χ1v) is 19.6. The summed E-state index contributed by atoms with van der Waals surface area (Å²) in [5, 5.41) is 3.75. The average Bonchev–Trinajstić information content (AvgIpc) is 3.07. The van der Waals surface area contributed by atoms with Gasteiger partial charge in [-0.1, -0.05) is 52.0 Å². The third kappa shape index (κ3) is 7.65. The van der Waals surface area contributed by atoms with Crippen LogP contribution in [-0.4, -0.2) is 18.7 Å². The van der Waals surface area contributed by atoms with Crippen LogP contribution < -0.4 is 10.3 Å². The van der Waals surface area contributed by atoms with Gasteiger partial charge in [-0.3, -0.25) is 0 Å². The van der Waals surface area contributed by atoms with E-state index in [0.29, 0.717) is 16.7 Å². The van der Waals surface area contributed by atoms with Crippen molar-refractivity contribution in [3.8, 4) is 0 Å². The molecule has 0 spiro atoms. The van der Waals surface area contributed by atoms with Crippen molar-refractivity contribution in [1.82, 2.24) is 0 Å². The van der Waals surface area contributed by atoms with Crippen molar-refractivity contribution in [1.29, 1.82) is 0 Å². The second kappa shape index (κ2) is 14.8. The Hall–Kier alpha value is -4.52. The predicted molar refractivity (Wildman–Crippen MR) is 217 cm³/mol. The molecule has 0 bridgehead atoms. The fourth-order valence-electron chi connectivity index (χ4n) is 7.36. The van der Waals surface area contributed by atoms with Gasteiger partial charge in [0.25, 0.3) is 0 Å². The summed E-state index contributed by atoms with van der Waals surface area (Å²) < 4.78 is 38.6. The van der Waals surface area contributed by atoms with Crippen LogP contribution in [0.1, 0.15) is 100 Å². The number of hydrogen-bond acceptors (Lipinski definition) is 4. The van der Waals surface area contributed by atoms with E-state index in [2.05, 4.69) is 130 Å². The number of anilines is 2. The van der Waals surface area contributed by atoms with E-state index >= 15 is 0 Å². The normalized spacial score (nSPS) is 15.2. The van der Waals surface area contributed by atoms with Crippen LogP contribution in [0.3, 0.4) is 0 Å². The number of aryl methyl sites for hydroxylation is 5. The van der Waals surface area contributed by atoms with E-state index in [-0.39, 0.29) is 16.7 Å². The lowest BCUT2D eigenvalue weighted by Gasteiger charge is -2.24. The molecule has 0 heterocycles. The van der Waals surface area contributed by atoms with E-state index in [9.17, 15) is 13.0 Å². The quantitative estimate of drug-likeness (QED) is 0.178. The molecule has 0 amide bonds. The molecule has 4 aromatic rings. The lowest BCUT2D eigenvalue weighted by molar-refractivity contribution is -0.353. The van der Waals surface area contributed by atoms with Crippen molar-refractivity contribution in [2.45, 2.75) is 101 Å². The average molecular weight is 715 g/mol. The number of nitrogens with one attached hydrogen (secondary N) is 2. The number of allylic oxidation sites excluding steroid dienone is 5. The van der Waals surface area contributed by atoms with Crippen LogP contribution in [0.2, 0.25) is 0 Å². The summed E-state index contributed by atoms with van der Waals surface area (Å²) in [4.78, 5) is 3.54. The van der Waals surface area contributed by atoms with Gasteiger partial charge < -0.3 is 9.87 Å². The number of hydrogen-bond donors (Lipinski definition) is 2. The predicted octanol–water partition coefficient (Wildman–Crippen LogP) is 10.0. The minimum Gasteiger partial charge on any atom is -0.744 e. The van der Waals surface area contributed by atoms with Crippen LogP contribution in [-0.2, 0) is 10.1 Å². The fraction of sp³-hybridized carbons (Fsp3) is 0.326. The number of benzene rings is 4. The van der Waals surface area contributed by atoms with Crippen LogP contribution in [0.5, 0.6) is 0 Å². The molecule has 0 aromatic heterocycles. The lowest BCUT2D eigenvalue weighted by atomic mass is 9.84. The summed E-state index contributed by atoms with van der Waals surface area (Å²) in [6.07, 6.45) is 6.28. The van der Waals surface area contributed by atoms with Gasteiger partial charge in [0.15, 0.2) is 0 Å². The topological polar surface area (TPSA) is 83.2 Å². The Labute approximate surface area is 312 Å². The summed E-state index contributed by atoms with van der Waals surface area (Å²) >= 11 is 0. The zero-order chi connectivity index (χ0) is 38.4. The van der Waals surface area contributed by atoms with Gasteiger partial charge in [0, 0.05) is 39.7 Å². The first-order valence-electron chi connectivity index (χ1n) is 18.2. The Morgan fingerprint density at radius 3 is 1.94 bits per heavy atom. The van der Waals surface area contributed by atoms with Crippen molar-refractivity contribution >= 4 is 38.5 Å². The third-order valence-electron chi connectivity index (χ3n) is 10.8. The van der Waals surface area contributed by atoms with Crippen molar-refractivity contribution in [2.75, 3.05) is 5.32 Å². The van der Waals surface area contributed by atoms with Crippen molar-refractivity contribution in [2.24, 2.45) is 5.92 Å². The van der Waals surface area contributed by atoms with Gasteiger partial charge in [-0.05, 0) is 172 Å².